The molecular formula is C71H138O17P2. The Morgan fingerprint density at radius 2 is 0.533 bits per heavy atom. The Balaban J connectivity index is 5.21. The molecule has 3 N–H and O–H groups in total. The van der Waals surface area contributed by atoms with Crippen LogP contribution in [0.1, 0.15) is 351 Å². The average Bonchev–Trinajstić information content (AvgIpc) is 3.72. The molecule has 0 aromatic heterocycles. The first kappa shape index (κ1) is 88.1. The molecule has 90 heavy (non-hydrogen) atoms. The summed E-state index contributed by atoms with van der Waals surface area (Å²) in [6.45, 7) is 14.1. The minimum absolute atomic E-state index is 0.103. The van der Waals surface area contributed by atoms with Gasteiger partial charge in [0.2, 0.25) is 0 Å². The highest BCUT2D eigenvalue weighted by atomic mass is 31.2. The Kier molecular flexibility index (Phi) is 59.4. The van der Waals surface area contributed by atoms with Gasteiger partial charge in [0, 0.05) is 25.7 Å². The highest BCUT2D eigenvalue weighted by molar-refractivity contribution is 7.47. The number of phosphoric acid groups is 2. The van der Waals surface area contributed by atoms with Crippen LogP contribution in [-0.4, -0.2) is 96.7 Å². The molecular weight excluding hydrogens is 1190 g/mol. The van der Waals surface area contributed by atoms with Gasteiger partial charge in [-0.3, -0.25) is 37.3 Å². The normalized spacial score (nSPS) is 14.9. The van der Waals surface area contributed by atoms with Crippen molar-refractivity contribution in [3.63, 3.8) is 0 Å². The maximum absolute atomic E-state index is 13.0. The third-order valence-electron chi connectivity index (χ3n) is 17.0. The summed E-state index contributed by atoms with van der Waals surface area (Å²) in [5.41, 5.74) is 0. The van der Waals surface area contributed by atoms with E-state index in [1.165, 1.54) is 148 Å². The summed E-state index contributed by atoms with van der Waals surface area (Å²) in [6.07, 6.45) is 43.2. The van der Waals surface area contributed by atoms with Crippen molar-refractivity contribution in [1.82, 2.24) is 0 Å². The maximum atomic E-state index is 13.0. The largest absolute Gasteiger partial charge is 0.472 e. The van der Waals surface area contributed by atoms with E-state index in [-0.39, 0.29) is 25.7 Å². The fourth-order valence-electron chi connectivity index (χ4n) is 10.6. The molecule has 4 unspecified atom stereocenters. The smallest absolute Gasteiger partial charge is 0.462 e. The topological polar surface area (TPSA) is 237 Å². The predicted molar refractivity (Wildman–Crippen MR) is 363 cm³/mol. The van der Waals surface area contributed by atoms with Crippen molar-refractivity contribution in [2.45, 2.75) is 369 Å². The number of carbonyl (C=O) groups excluding carboxylic acids is 4. The maximum Gasteiger partial charge on any atom is 0.472 e. The number of carbonyl (C=O) groups is 4. The molecule has 0 aliphatic heterocycles. The molecule has 0 amide bonds. The van der Waals surface area contributed by atoms with Crippen molar-refractivity contribution in [3.05, 3.63) is 0 Å². The van der Waals surface area contributed by atoms with Crippen molar-refractivity contribution in [2.75, 3.05) is 39.6 Å². The Bertz CT molecular complexity index is 1790. The van der Waals surface area contributed by atoms with E-state index >= 15 is 0 Å². The van der Waals surface area contributed by atoms with Crippen LogP contribution in [0.2, 0.25) is 0 Å². The Morgan fingerprint density at radius 1 is 0.311 bits per heavy atom. The van der Waals surface area contributed by atoms with Gasteiger partial charge in [-0.2, -0.15) is 0 Å². The van der Waals surface area contributed by atoms with E-state index in [0.29, 0.717) is 25.7 Å². The van der Waals surface area contributed by atoms with Gasteiger partial charge in [-0.15, -0.1) is 0 Å². The molecule has 534 valence electrons. The van der Waals surface area contributed by atoms with Gasteiger partial charge in [-0.05, 0) is 49.4 Å². The van der Waals surface area contributed by atoms with Crippen LogP contribution in [0, 0.1) is 23.7 Å². The van der Waals surface area contributed by atoms with Crippen molar-refractivity contribution in [1.29, 1.82) is 0 Å². The van der Waals surface area contributed by atoms with Crippen LogP contribution in [0.4, 0.5) is 0 Å². The number of ether oxygens (including phenoxy) is 4. The van der Waals surface area contributed by atoms with Crippen LogP contribution in [-0.2, 0) is 65.4 Å². The van der Waals surface area contributed by atoms with Crippen molar-refractivity contribution in [2.24, 2.45) is 23.7 Å². The average molecular weight is 1330 g/mol. The Labute approximate surface area is 549 Å². The number of aliphatic hydroxyl groups excluding tert-OH is 1. The molecule has 0 bridgehead atoms. The SMILES string of the molecule is CCC(C)CCCCCCCCCCCCCCCCC(=O)OC[C@H](COP(=O)(O)OC[C@@H](O)COP(=O)(O)OC[C@@H](COC(=O)CCCCCCCCC(C)CC)OC(=O)CCCCCCCCCCC(C)C)OC(=O)CCCCCCCCCCC(C)C. The van der Waals surface area contributed by atoms with E-state index in [1.807, 2.05) is 0 Å². The van der Waals surface area contributed by atoms with Crippen LogP contribution >= 0.6 is 15.6 Å². The summed E-state index contributed by atoms with van der Waals surface area (Å²) in [5, 5.41) is 10.6. The summed E-state index contributed by atoms with van der Waals surface area (Å²) in [4.78, 5) is 72.5. The number of hydrogen-bond donors (Lipinski definition) is 3. The highest BCUT2D eigenvalue weighted by Crippen LogP contribution is 2.45. The second-order valence-corrected chi connectivity index (χ2v) is 30.0. The lowest BCUT2D eigenvalue weighted by molar-refractivity contribution is -0.161. The van der Waals surface area contributed by atoms with Gasteiger partial charge in [-0.25, -0.2) is 9.13 Å². The quantitative estimate of drug-likeness (QED) is 0.0222. The molecule has 0 aromatic carbocycles. The van der Waals surface area contributed by atoms with E-state index in [2.05, 4.69) is 55.4 Å². The summed E-state index contributed by atoms with van der Waals surface area (Å²) in [6, 6.07) is 0. The van der Waals surface area contributed by atoms with Crippen LogP contribution in [0.15, 0.2) is 0 Å². The van der Waals surface area contributed by atoms with E-state index in [9.17, 15) is 43.2 Å². The van der Waals surface area contributed by atoms with Crippen molar-refractivity contribution >= 4 is 39.5 Å². The molecule has 19 heteroatoms. The van der Waals surface area contributed by atoms with E-state index < -0.39 is 97.5 Å². The Morgan fingerprint density at radius 3 is 0.789 bits per heavy atom. The van der Waals surface area contributed by atoms with Gasteiger partial charge >= 0.3 is 39.5 Å². The van der Waals surface area contributed by atoms with Gasteiger partial charge in [-0.1, -0.05) is 299 Å². The second kappa shape index (κ2) is 60.7. The van der Waals surface area contributed by atoms with Crippen LogP contribution in [0.3, 0.4) is 0 Å². The fourth-order valence-corrected chi connectivity index (χ4v) is 12.2. The van der Waals surface area contributed by atoms with E-state index in [0.717, 1.165) is 120 Å². The van der Waals surface area contributed by atoms with Crippen molar-refractivity contribution in [3.8, 4) is 0 Å². The molecule has 0 fully saturated rings. The number of rotatable bonds is 68. The standard InChI is InChI=1S/C71H138O17P2/c1-9-63(7)49-41-33-25-17-15-13-11-12-14-16-18-26-35-43-51-68(73)81-57-66(87-70(75)53-45-37-27-21-19-23-31-39-47-61(3)4)59-85-89(77,78)83-55-65(72)56-84-90(79,80)86-60-67(58-82-69(74)52-44-36-30-29-34-42-50-64(8)10-2)88-71(76)54-46-38-28-22-20-24-32-40-48-62(5)6/h61-67,72H,9-60H2,1-8H3,(H,77,78)(H,79,80)/t63?,64?,65-,66-,67-/m1/s1. The number of aliphatic hydroxyl groups is 1. The molecule has 17 nitrogen and oxygen atoms in total. The predicted octanol–water partition coefficient (Wildman–Crippen LogP) is 20.1. The zero-order chi connectivity index (χ0) is 66.8. The zero-order valence-electron chi connectivity index (χ0n) is 58.8. The summed E-state index contributed by atoms with van der Waals surface area (Å²) in [7, 11) is -9.90. The molecule has 0 radical (unpaired) electrons. The molecule has 0 rings (SSSR count). The first-order valence-corrected chi connectivity index (χ1v) is 39.8. The molecule has 0 heterocycles. The molecule has 0 aliphatic carbocycles. The minimum atomic E-state index is -4.95. The van der Waals surface area contributed by atoms with Crippen LogP contribution in [0.5, 0.6) is 0 Å². The summed E-state index contributed by atoms with van der Waals surface area (Å²) in [5.74, 6) is 0.885. The van der Waals surface area contributed by atoms with Gasteiger partial charge < -0.3 is 33.8 Å². The molecule has 0 spiro atoms. The van der Waals surface area contributed by atoms with Gasteiger partial charge in [0.1, 0.15) is 19.3 Å². The van der Waals surface area contributed by atoms with Crippen LogP contribution < -0.4 is 0 Å². The summed E-state index contributed by atoms with van der Waals surface area (Å²) >= 11 is 0. The fraction of sp³-hybridized carbons (Fsp3) is 0.944. The van der Waals surface area contributed by atoms with Gasteiger partial charge in [0.15, 0.2) is 12.2 Å². The molecule has 0 saturated carbocycles. The van der Waals surface area contributed by atoms with E-state index in [4.69, 9.17) is 37.0 Å². The number of esters is 4. The molecule has 0 aliphatic rings. The second-order valence-electron chi connectivity index (χ2n) is 27.1. The Hall–Kier alpha value is -1.94. The first-order chi connectivity index (χ1) is 43.2. The van der Waals surface area contributed by atoms with Crippen LogP contribution in [0.25, 0.3) is 0 Å². The van der Waals surface area contributed by atoms with Crippen molar-refractivity contribution < 1.29 is 80.2 Å². The lowest BCUT2D eigenvalue weighted by Crippen LogP contribution is -2.30. The molecule has 0 saturated heterocycles. The lowest BCUT2D eigenvalue weighted by Gasteiger charge is -2.21. The molecule has 0 aromatic rings. The molecule has 7 atom stereocenters. The third-order valence-corrected chi connectivity index (χ3v) is 18.9. The zero-order valence-corrected chi connectivity index (χ0v) is 60.6. The summed E-state index contributed by atoms with van der Waals surface area (Å²) < 4.78 is 68.3. The monoisotopic (exact) mass is 1320 g/mol. The van der Waals surface area contributed by atoms with Gasteiger partial charge in [0.05, 0.1) is 26.4 Å². The lowest BCUT2D eigenvalue weighted by atomic mass is 9.99. The number of phosphoric ester groups is 2. The number of hydrogen-bond acceptors (Lipinski definition) is 15. The first-order valence-electron chi connectivity index (χ1n) is 36.8. The van der Waals surface area contributed by atoms with E-state index in [1.54, 1.807) is 0 Å². The third kappa shape index (κ3) is 62.2. The number of unbranched alkanes of at least 4 members (excludes halogenated alkanes) is 32. The van der Waals surface area contributed by atoms with Gasteiger partial charge in [0.25, 0.3) is 0 Å². The highest BCUT2D eigenvalue weighted by Gasteiger charge is 2.30. The minimum Gasteiger partial charge on any atom is -0.462 e.